The number of esters is 1. The number of hydrogen-bond donors (Lipinski definition) is 2. The molecular formula is C23H25N3O5. The van der Waals surface area contributed by atoms with Crippen LogP contribution in [0.2, 0.25) is 0 Å². The van der Waals surface area contributed by atoms with Crippen LogP contribution in [0, 0.1) is 6.92 Å². The van der Waals surface area contributed by atoms with E-state index in [1.54, 1.807) is 19.1 Å². The van der Waals surface area contributed by atoms with Gasteiger partial charge in [-0.15, -0.1) is 0 Å². The Hall–Kier alpha value is -3.68. The molecule has 0 aromatic heterocycles. The number of ether oxygens (including phenoxy) is 1. The lowest BCUT2D eigenvalue weighted by atomic mass is 9.93. The number of nitrogens with one attached hydrogen (secondary N) is 2. The van der Waals surface area contributed by atoms with Crippen molar-refractivity contribution >= 4 is 29.5 Å². The molecule has 162 valence electrons. The molecule has 8 nitrogen and oxygen atoms in total. The van der Waals surface area contributed by atoms with E-state index in [9.17, 15) is 19.2 Å². The van der Waals surface area contributed by atoms with E-state index in [4.69, 9.17) is 4.74 Å². The molecule has 1 saturated heterocycles. The summed E-state index contributed by atoms with van der Waals surface area (Å²) in [5.41, 5.74) is 1.57. The van der Waals surface area contributed by atoms with Crippen LogP contribution in [0.3, 0.4) is 0 Å². The van der Waals surface area contributed by atoms with Crippen molar-refractivity contribution in [1.82, 2.24) is 10.2 Å². The number of aryl methyl sites for hydroxylation is 2. The zero-order valence-corrected chi connectivity index (χ0v) is 17.5. The average Bonchev–Trinajstić information content (AvgIpc) is 2.96. The van der Waals surface area contributed by atoms with E-state index in [1.165, 1.54) is 0 Å². The summed E-state index contributed by atoms with van der Waals surface area (Å²) < 4.78 is 4.93. The van der Waals surface area contributed by atoms with Gasteiger partial charge in [0, 0.05) is 5.69 Å². The molecule has 0 saturated carbocycles. The maximum absolute atomic E-state index is 12.8. The summed E-state index contributed by atoms with van der Waals surface area (Å²) in [6, 6.07) is 16.1. The Kier molecular flexibility index (Phi) is 6.69. The van der Waals surface area contributed by atoms with E-state index >= 15 is 0 Å². The van der Waals surface area contributed by atoms with Crippen molar-refractivity contribution in [2.24, 2.45) is 0 Å². The number of nitrogens with zero attached hydrogens (tertiary/aromatic N) is 1. The molecule has 1 aliphatic heterocycles. The highest BCUT2D eigenvalue weighted by atomic mass is 16.5. The highest BCUT2D eigenvalue weighted by molar-refractivity contribution is 6.08. The molecule has 4 amide bonds. The normalized spacial score (nSPS) is 17.9. The van der Waals surface area contributed by atoms with Gasteiger partial charge in [0.05, 0.1) is 0 Å². The highest BCUT2D eigenvalue weighted by Crippen LogP contribution is 2.23. The van der Waals surface area contributed by atoms with Crippen LogP contribution in [0.25, 0.3) is 0 Å². The Bertz CT molecular complexity index is 974. The molecule has 1 heterocycles. The van der Waals surface area contributed by atoms with Gasteiger partial charge in [-0.25, -0.2) is 4.79 Å². The number of carbonyl (C=O) groups excluding carboxylic acids is 4. The van der Waals surface area contributed by atoms with Crippen molar-refractivity contribution in [3.05, 3.63) is 65.7 Å². The summed E-state index contributed by atoms with van der Waals surface area (Å²) >= 11 is 0. The topological polar surface area (TPSA) is 105 Å². The third-order valence-corrected chi connectivity index (χ3v) is 5.09. The van der Waals surface area contributed by atoms with Crippen molar-refractivity contribution in [1.29, 1.82) is 0 Å². The van der Waals surface area contributed by atoms with Gasteiger partial charge in [0.1, 0.15) is 12.1 Å². The molecule has 1 fully saturated rings. The van der Waals surface area contributed by atoms with Gasteiger partial charge in [-0.3, -0.25) is 19.3 Å². The Labute approximate surface area is 180 Å². The summed E-state index contributed by atoms with van der Waals surface area (Å²) in [5.74, 6) is -1.84. The Morgan fingerprint density at radius 3 is 2.42 bits per heavy atom. The summed E-state index contributed by atoms with van der Waals surface area (Å²) in [5, 5.41) is 5.26. The first-order chi connectivity index (χ1) is 14.8. The molecule has 0 radical (unpaired) electrons. The Balaban J connectivity index is 1.48. The molecule has 3 rings (SSSR count). The van der Waals surface area contributed by atoms with E-state index in [1.807, 2.05) is 49.4 Å². The number of anilines is 1. The minimum atomic E-state index is -1.10. The predicted octanol–water partition coefficient (Wildman–Crippen LogP) is 2.42. The van der Waals surface area contributed by atoms with Gasteiger partial charge in [-0.2, -0.15) is 0 Å². The fourth-order valence-electron chi connectivity index (χ4n) is 3.25. The molecule has 0 aliphatic carbocycles. The number of hydrogen-bond acceptors (Lipinski definition) is 5. The Morgan fingerprint density at radius 1 is 1.06 bits per heavy atom. The predicted molar refractivity (Wildman–Crippen MR) is 114 cm³/mol. The van der Waals surface area contributed by atoms with Crippen LogP contribution in [0.5, 0.6) is 0 Å². The molecule has 2 N–H and O–H groups in total. The SMILES string of the molecule is Cc1ccc(NC(=O)COC(=O)CN2C(=O)N[C@@](C)(CCc3ccccc3)C2=O)cc1. The fraction of sp³-hybridized carbons (Fsp3) is 0.304. The van der Waals surface area contributed by atoms with Crippen LogP contribution in [-0.2, 0) is 25.5 Å². The van der Waals surface area contributed by atoms with E-state index in [0.29, 0.717) is 18.5 Å². The first-order valence-corrected chi connectivity index (χ1v) is 9.97. The summed E-state index contributed by atoms with van der Waals surface area (Å²) in [4.78, 5) is 49.9. The van der Waals surface area contributed by atoms with E-state index in [0.717, 1.165) is 16.0 Å². The summed E-state index contributed by atoms with van der Waals surface area (Å²) in [6.07, 6.45) is 0.993. The van der Waals surface area contributed by atoms with Gasteiger partial charge >= 0.3 is 12.0 Å². The monoisotopic (exact) mass is 423 g/mol. The molecular weight excluding hydrogens is 398 g/mol. The quantitative estimate of drug-likeness (QED) is 0.501. The van der Waals surface area contributed by atoms with E-state index in [2.05, 4.69) is 10.6 Å². The number of carbonyl (C=O) groups is 4. The molecule has 2 aromatic rings. The maximum atomic E-state index is 12.8. The number of rotatable bonds is 8. The Morgan fingerprint density at radius 2 is 1.74 bits per heavy atom. The molecule has 8 heteroatoms. The minimum Gasteiger partial charge on any atom is -0.454 e. The van der Waals surface area contributed by atoms with Crippen LogP contribution >= 0.6 is 0 Å². The van der Waals surface area contributed by atoms with Crippen LogP contribution in [-0.4, -0.2) is 47.4 Å². The van der Waals surface area contributed by atoms with Crippen LogP contribution < -0.4 is 10.6 Å². The van der Waals surface area contributed by atoms with Crippen molar-refractivity contribution < 1.29 is 23.9 Å². The fourth-order valence-corrected chi connectivity index (χ4v) is 3.25. The van der Waals surface area contributed by atoms with Gasteiger partial charge < -0.3 is 15.4 Å². The smallest absolute Gasteiger partial charge is 0.326 e. The first-order valence-electron chi connectivity index (χ1n) is 9.97. The van der Waals surface area contributed by atoms with Gasteiger partial charge in [-0.05, 0) is 44.4 Å². The van der Waals surface area contributed by atoms with E-state index < -0.39 is 42.5 Å². The molecule has 31 heavy (non-hydrogen) atoms. The van der Waals surface area contributed by atoms with Gasteiger partial charge in [0.15, 0.2) is 6.61 Å². The maximum Gasteiger partial charge on any atom is 0.326 e. The first kappa shape index (κ1) is 22.0. The second kappa shape index (κ2) is 9.42. The average molecular weight is 423 g/mol. The molecule has 1 atom stereocenters. The zero-order valence-electron chi connectivity index (χ0n) is 17.5. The van der Waals surface area contributed by atoms with Crippen molar-refractivity contribution in [3.8, 4) is 0 Å². The van der Waals surface area contributed by atoms with Gasteiger partial charge in [0.25, 0.3) is 11.8 Å². The van der Waals surface area contributed by atoms with Gasteiger partial charge in [0.2, 0.25) is 0 Å². The third-order valence-electron chi connectivity index (χ3n) is 5.09. The lowest BCUT2D eigenvalue weighted by Crippen LogP contribution is -2.44. The zero-order chi connectivity index (χ0) is 22.4. The number of urea groups is 1. The number of amides is 4. The van der Waals surface area contributed by atoms with Gasteiger partial charge in [-0.1, -0.05) is 48.0 Å². The largest absolute Gasteiger partial charge is 0.454 e. The van der Waals surface area contributed by atoms with Crippen molar-refractivity contribution in [3.63, 3.8) is 0 Å². The minimum absolute atomic E-state index is 0.395. The van der Waals surface area contributed by atoms with Crippen LogP contribution in [0.4, 0.5) is 10.5 Å². The third kappa shape index (κ3) is 5.69. The second-order valence-corrected chi connectivity index (χ2v) is 7.71. The molecule has 2 aromatic carbocycles. The molecule has 1 aliphatic rings. The van der Waals surface area contributed by atoms with Crippen LogP contribution in [0.1, 0.15) is 24.5 Å². The second-order valence-electron chi connectivity index (χ2n) is 7.71. The van der Waals surface area contributed by atoms with E-state index in [-0.39, 0.29) is 0 Å². The molecule has 0 unspecified atom stereocenters. The van der Waals surface area contributed by atoms with Crippen molar-refractivity contribution in [2.75, 3.05) is 18.5 Å². The van der Waals surface area contributed by atoms with Crippen molar-refractivity contribution in [2.45, 2.75) is 32.2 Å². The highest BCUT2D eigenvalue weighted by Gasteiger charge is 2.48. The number of benzene rings is 2. The van der Waals surface area contributed by atoms with Crippen LogP contribution in [0.15, 0.2) is 54.6 Å². The summed E-state index contributed by atoms with van der Waals surface area (Å²) in [6.45, 7) is 2.50. The molecule has 0 spiro atoms. The molecule has 0 bridgehead atoms. The lowest BCUT2D eigenvalue weighted by Gasteiger charge is -2.21. The summed E-state index contributed by atoms with van der Waals surface area (Å²) in [7, 11) is 0. The lowest BCUT2D eigenvalue weighted by molar-refractivity contribution is -0.150. The number of imide groups is 1. The standard InChI is InChI=1S/C23H25N3O5/c1-16-8-10-18(11-9-16)24-19(27)15-31-20(28)14-26-21(29)23(2,25-22(26)30)13-12-17-6-4-3-5-7-17/h3-11H,12-15H2,1-2H3,(H,24,27)(H,25,30)/t23-/m0/s1.